The molecule has 0 spiro atoms. The van der Waals surface area contributed by atoms with Gasteiger partial charge in [-0.2, -0.15) is 0 Å². The summed E-state index contributed by atoms with van der Waals surface area (Å²) in [4.78, 5) is 12.3. The van der Waals surface area contributed by atoms with E-state index in [1.165, 1.54) is 5.56 Å². The van der Waals surface area contributed by atoms with Crippen molar-refractivity contribution in [3.8, 4) is 0 Å². The predicted octanol–water partition coefficient (Wildman–Crippen LogP) is 3.04. The van der Waals surface area contributed by atoms with Gasteiger partial charge in [0.15, 0.2) is 9.84 Å². The normalized spacial score (nSPS) is 19.1. The van der Waals surface area contributed by atoms with Gasteiger partial charge in [-0.05, 0) is 36.0 Å². The lowest BCUT2D eigenvalue weighted by Crippen LogP contribution is -2.18. The number of carbonyl (C=O) groups is 1. The van der Waals surface area contributed by atoms with Gasteiger partial charge in [-0.3, -0.25) is 4.79 Å². The first-order valence-corrected chi connectivity index (χ1v) is 9.96. The Balaban J connectivity index is 1.66. The van der Waals surface area contributed by atoms with Crippen molar-refractivity contribution >= 4 is 21.4 Å². The van der Waals surface area contributed by atoms with Gasteiger partial charge in [0.2, 0.25) is 5.91 Å². The van der Waals surface area contributed by atoms with Crippen LogP contribution >= 0.6 is 0 Å². The van der Waals surface area contributed by atoms with E-state index >= 15 is 0 Å². The zero-order chi connectivity index (χ0) is 17.0. The fraction of sp³-hybridized carbons (Fsp3) is 0.316. The van der Waals surface area contributed by atoms with Gasteiger partial charge in [0.1, 0.15) is 0 Å². The standard InChI is InChI=1S/C19H21NO3S/c21-19(13-16-10-11-24(22,23)14-16)20-18-9-5-4-8-17(18)12-15-6-2-1-3-7-15/h1-9,16H,10-14H2,(H,20,21)/t16-/m1/s1. The molecule has 126 valence electrons. The van der Waals surface area contributed by atoms with Crippen LogP contribution < -0.4 is 5.32 Å². The highest BCUT2D eigenvalue weighted by Gasteiger charge is 2.29. The summed E-state index contributed by atoms with van der Waals surface area (Å²) in [6.07, 6.45) is 1.59. The number of nitrogens with one attached hydrogen (secondary N) is 1. The van der Waals surface area contributed by atoms with E-state index < -0.39 is 9.84 Å². The minimum absolute atomic E-state index is 0.0590. The number of rotatable bonds is 5. The van der Waals surface area contributed by atoms with Crippen molar-refractivity contribution in [2.24, 2.45) is 5.92 Å². The second-order valence-electron chi connectivity index (χ2n) is 6.34. The van der Waals surface area contributed by atoms with Gasteiger partial charge < -0.3 is 5.32 Å². The second kappa shape index (κ2) is 7.18. The molecule has 2 aromatic rings. The molecule has 0 aromatic heterocycles. The lowest BCUT2D eigenvalue weighted by atomic mass is 10.0. The summed E-state index contributed by atoms with van der Waals surface area (Å²) in [7, 11) is -2.94. The van der Waals surface area contributed by atoms with Crippen molar-refractivity contribution < 1.29 is 13.2 Å². The smallest absolute Gasteiger partial charge is 0.224 e. The van der Waals surface area contributed by atoms with Gasteiger partial charge >= 0.3 is 0 Å². The van der Waals surface area contributed by atoms with Gasteiger partial charge in [-0.1, -0.05) is 48.5 Å². The molecule has 24 heavy (non-hydrogen) atoms. The van der Waals surface area contributed by atoms with Crippen LogP contribution in [0, 0.1) is 5.92 Å². The zero-order valence-electron chi connectivity index (χ0n) is 13.4. The summed E-state index contributed by atoms with van der Waals surface area (Å²) in [5.74, 6) is 0.163. The summed E-state index contributed by atoms with van der Waals surface area (Å²) in [6, 6.07) is 17.8. The Hall–Kier alpha value is -2.14. The van der Waals surface area contributed by atoms with Crippen LogP contribution in [-0.4, -0.2) is 25.8 Å². The largest absolute Gasteiger partial charge is 0.326 e. The average Bonchev–Trinajstić information content (AvgIpc) is 2.89. The van der Waals surface area contributed by atoms with Crippen molar-refractivity contribution in [1.82, 2.24) is 0 Å². The van der Waals surface area contributed by atoms with E-state index in [1.807, 2.05) is 42.5 Å². The number of anilines is 1. The van der Waals surface area contributed by atoms with E-state index in [9.17, 15) is 13.2 Å². The number of benzene rings is 2. The van der Waals surface area contributed by atoms with E-state index in [0.717, 1.165) is 17.7 Å². The molecular formula is C19H21NO3S. The maximum absolute atomic E-state index is 12.3. The van der Waals surface area contributed by atoms with Crippen LogP contribution in [-0.2, 0) is 21.1 Å². The summed E-state index contributed by atoms with van der Waals surface area (Å²) < 4.78 is 23.0. The Labute approximate surface area is 142 Å². The molecule has 1 amide bonds. The highest BCUT2D eigenvalue weighted by atomic mass is 32.2. The Morgan fingerprint density at radius 2 is 1.75 bits per heavy atom. The Kier molecular flexibility index (Phi) is 5.00. The van der Waals surface area contributed by atoms with E-state index in [-0.39, 0.29) is 29.8 Å². The highest BCUT2D eigenvalue weighted by molar-refractivity contribution is 7.91. The molecule has 1 aliphatic rings. The molecule has 1 N–H and O–H groups in total. The van der Waals surface area contributed by atoms with E-state index in [4.69, 9.17) is 0 Å². The number of sulfone groups is 1. The highest BCUT2D eigenvalue weighted by Crippen LogP contribution is 2.24. The molecule has 3 rings (SSSR count). The van der Waals surface area contributed by atoms with E-state index in [2.05, 4.69) is 17.4 Å². The van der Waals surface area contributed by atoms with Crippen LogP contribution in [0.25, 0.3) is 0 Å². The molecule has 0 bridgehead atoms. The number of hydrogen-bond donors (Lipinski definition) is 1. The van der Waals surface area contributed by atoms with Crippen LogP contribution in [0.2, 0.25) is 0 Å². The molecule has 0 saturated carbocycles. The van der Waals surface area contributed by atoms with E-state index in [0.29, 0.717) is 6.42 Å². The topological polar surface area (TPSA) is 63.2 Å². The van der Waals surface area contributed by atoms with Crippen LogP contribution in [0.15, 0.2) is 54.6 Å². The van der Waals surface area contributed by atoms with Crippen LogP contribution in [0.4, 0.5) is 5.69 Å². The maximum Gasteiger partial charge on any atom is 0.224 e. The maximum atomic E-state index is 12.3. The average molecular weight is 343 g/mol. The lowest BCUT2D eigenvalue weighted by molar-refractivity contribution is -0.116. The molecule has 0 aliphatic carbocycles. The third-order valence-corrected chi connectivity index (χ3v) is 6.17. The molecule has 1 atom stereocenters. The Morgan fingerprint density at radius 3 is 2.46 bits per heavy atom. The van der Waals surface area contributed by atoms with Crippen molar-refractivity contribution in [3.63, 3.8) is 0 Å². The third-order valence-electron chi connectivity index (χ3n) is 4.33. The zero-order valence-corrected chi connectivity index (χ0v) is 14.3. The molecule has 0 unspecified atom stereocenters. The monoisotopic (exact) mass is 343 g/mol. The first-order valence-electron chi connectivity index (χ1n) is 8.14. The van der Waals surface area contributed by atoms with Gasteiger partial charge in [0, 0.05) is 12.1 Å². The van der Waals surface area contributed by atoms with Crippen molar-refractivity contribution in [2.45, 2.75) is 19.3 Å². The van der Waals surface area contributed by atoms with Crippen LogP contribution in [0.5, 0.6) is 0 Å². The molecule has 2 aromatic carbocycles. The SMILES string of the molecule is O=C(C[C@H]1CCS(=O)(=O)C1)Nc1ccccc1Cc1ccccc1. The number of para-hydroxylation sites is 1. The minimum atomic E-state index is -2.94. The molecule has 1 saturated heterocycles. The lowest BCUT2D eigenvalue weighted by Gasteiger charge is -2.13. The molecule has 5 heteroatoms. The summed E-state index contributed by atoms with van der Waals surface area (Å²) in [6.45, 7) is 0. The molecule has 1 heterocycles. The molecular weight excluding hydrogens is 322 g/mol. The fourth-order valence-corrected chi connectivity index (χ4v) is 4.97. The first kappa shape index (κ1) is 16.7. The molecule has 1 fully saturated rings. The van der Waals surface area contributed by atoms with Crippen molar-refractivity contribution in [2.75, 3.05) is 16.8 Å². The predicted molar refractivity (Wildman–Crippen MR) is 95.7 cm³/mol. The van der Waals surface area contributed by atoms with Gasteiger partial charge in [0.05, 0.1) is 11.5 Å². The van der Waals surface area contributed by atoms with Gasteiger partial charge in [-0.15, -0.1) is 0 Å². The third kappa shape index (κ3) is 4.45. The van der Waals surface area contributed by atoms with Gasteiger partial charge in [0.25, 0.3) is 0 Å². The quantitative estimate of drug-likeness (QED) is 0.907. The van der Waals surface area contributed by atoms with Crippen LogP contribution in [0.1, 0.15) is 24.0 Å². The molecule has 1 aliphatic heterocycles. The summed E-state index contributed by atoms with van der Waals surface area (Å²) >= 11 is 0. The summed E-state index contributed by atoms with van der Waals surface area (Å²) in [5, 5.41) is 2.95. The van der Waals surface area contributed by atoms with Crippen molar-refractivity contribution in [1.29, 1.82) is 0 Å². The number of amides is 1. The molecule has 0 radical (unpaired) electrons. The van der Waals surface area contributed by atoms with E-state index in [1.54, 1.807) is 0 Å². The Bertz CT molecular complexity index is 816. The molecule has 4 nitrogen and oxygen atoms in total. The van der Waals surface area contributed by atoms with Crippen molar-refractivity contribution in [3.05, 3.63) is 65.7 Å². The van der Waals surface area contributed by atoms with Crippen LogP contribution in [0.3, 0.4) is 0 Å². The van der Waals surface area contributed by atoms with Gasteiger partial charge in [-0.25, -0.2) is 8.42 Å². The first-order chi connectivity index (χ1) is 11.5. The fourth-order valence-electron chi connectivity index (χ4n) is 3.11. The Morgan fingerprint density at radius 1 is 1.04 bits per heavy atom. The second-order valence-corrected chi connectivity index (χ2v) is 8.57. The minimum Gasteiger partial charge on any atom is -0.326 e. The number of carbonyl (C=O) groups excluding carboxylic acids is 1. The summed E-state index contributed by atoms with van der Waals surface area (Å²) in [5.41, 5.74) is 3.03. The number of hydrogen-bond acceptors (Lipinski definition) is 3.